The highest BCUT2D eigenvalue weighted by molar-refractivity contribution is 5.58. The Hall–Kier alpha value is -0.370. The first kappa shape index (κ1) is 13.7. The quantitative estimate of drug-likeness (QED) is 0.647. The molecule has 1 fully saturated rings. The number of rotatable bonds is 6. The van der Waals surface area contributed by atoms with Crippen LogP contribution in [0.5, 0.6) is 0 Å². The summed E-state index contributed by atoms with van der Waals surface area (Å²) in [6, 6.07) is 0. The Morgan fingerprint density at radius 3 is 2.44 bits per heavy atom. The molecule has 0 N–H and O–H groups in total. The standard InChI is InChI=1S/C14H27NO/c1-4-14(2,12-16)11-15(3)10-13-8-6-5-7-9-13/h12-13H,4-11H2,1-3H3. The minimum absolute atomic E-state index is 0.149. The van der Waals surface area contributed by atoms with Gasteiger partial charge < -0.3 is 9.69 Å². The minimum atomic E-state index is -0.149. The monoisotopic (exact) mass is 225 g/mol. The van der Waals surface area contributed by atoms with Gasteiger partial charge >= 0.3 is 0 Å². The summed E-state index contributed by atoms with van der Waals surface area (Å²) in [5.41, 5.74) is -0.149. The molecule has 1 unspecified atom stereocenters. The van der Waals surface area contributed by atoms with E-state index in [0.29, 0.717) is 0 Å². The molecule has 0 spiro atoms. The van der Waals surface area contributed by atoms with Gasteiger partial charge in [0, 0.05) is 18.5 Å². The molecule has 0 radical (unpaired) electrons. The van der Waals surface area contributed by atoms with Crippen LogP contribution < -0.4 is 0 Å². The molecule has 1 saturated carbocycles. The Balaban J connectivity index is 2.33. The molecule has 0 amide bonds. The SMILES string of the molecule is CCC(C)(C=O)CN(C)CC1CCCCC1. The van der Waals surface area contributed by atoms with E-state index in [1.807, 2.05) is 0 Å². The van der Waals surface area contributed by atoms with E-state index >= 15 is 0 Å². The summed E-state index contributed by atoms with van der Waals surface area (Å²) in [6.07, 6.45) is 9.05. The summed E-state index contributed by atoms with van der Waals surface area (Å²) in [4.78, 5) is 13.4. The van der Waals surface area contributed by atoms with Crippen molar-refractivity contribution in [1.29, 1.82) is 0 Å². The van der Waals surface area contributed by atoms with Gasteiger partial charge in [0.15, 0.2) is 0 Å². The van der Waals surface area contributed by atoms with E-state index in [1.54, 1.807) is 0 Å². The predicted molar refractivity (Wildman–Crippen MR) is 68.5 cm³/mol. The van der Waals surface area contributed by atoms with Crippen LogP contribution in [-0.2, 0) is 4.79 Å². The maximum absolute atomic E-state index is 11.1. The smallest absolute Gasteiger partial charge is 0.127 e. The van der Waals surface area contributed by atoms with Crippen LogP contribution in [0, 0.1) is 11.3 Å². The molecule has 1 aliphatic rings. The van der Waals surface area contributed by atoms with Crippen molar-refractivity contribution in [3.8, 4) is 0 Å². The average Bonchev–Trinajstić information content (AvgIpc) is 2.30. The van der Waals surface area contributed by atoms with E-state index in [4.69, 9.17) is 0 Å². The fourth-order valence-electron chi connectivity index (χ4n) is 2.72. The van der Waals surface area contributed by atoms with Gasteiger partial charge in [-0.1, -0.05) is 33.1 Å². The zero-order valence-electron chi connectivity index (χ0n) is 11.2. The van der Waals surface area contributed by atoms with Crippen molar-refractivity contribution in [2.24, 2.45) is 11.3 Å². The summed E-state index contributed by atoms with van der Waals surface area (Å²) in [7, 11) is 2.16. The molecule has 0 saturated heterocycles. The molecule has 1 atom stereocenters. The Morgan fingerprint density at radius 1 is 1.31 bits per heavy atom. The van der Waals surface area contributed by atoms with Crippen LogP contribution in [0.4, 0.5) is 0 Å². The summed E-state index contributed by atoms with van der Waals surface area (Å²) < 4.78 is 0. The first-order valence-electron chi connectivity index (χ1n) is 6.74. The molecule has 16 heavy (non-hydrogen) atoms. The lowest BCUT2D eigenvalue weighted by atomic mass is 9.86. The van der Waals surface area contributed by atoms with Gasteiger partial charge in [-0.05, 0) is 32.2 Å². The van der Waals surface area contributed by atoms with Crippen LogP contribution in [0.25, 0.3) is 0 Å². The predicted octanol–water partition coefficient (Wildman–Crippen LogP) is 3.11. The van der Waals surface area contributed by atoms with E-state index in [-0.39, 0.29) is 5.41 Å². The molecule has 0 aromatic heterocycles. The Bertz CT molecular complexity index is 211. The van der Waals surface area contributed by atoms with Gasteiger partial charge in [0.2, 0.25) is 0 Å². The molecule has 0 aromatic carbocycles. The third-order valence-corrected chi connectivity index (χ3v) is 4.02. The highest BCUT2D eigenvalue weighted by Crippen LogP contribution is 2.25. The zero-order valence-corrected chi connectivity index (χ0v) is 11.2. The highest BCUT2D eigenvalue weighted by Gasteiger charge is 2.24. The first-order chi connectivity index (χ1) is 7.59. The van der Waals surface area contributed by atoms with Crippen molar-refractivity contribution in [3.63, 3.8) is 0 Å². The summed E-state index contributed by atoms with van der Waals surface area (Å²) in [5.74, 6) is 0.867. The third kappa shape index (κ3) is 4.25. The maximum Gasteiger partial charge on any atom is 0.127 e. The van der Waals surface area contributed by atoms with E-state index in [0.717, 1.165) is 25.2 Å². The van der Waals surface area contributed by atoms with Crippen molar-refractivity contribution >= 4 is 6.29 Å². The van der Waals surface area contributed by atoms with Crippen LogP contribution in [0.3, 0.4) is 0 Å². The second kappa shape index (κ2) is 6.39. The van der Waals surface area contributed by atoms with Crippen molar-refractivity contribution in [1.82, 2.24) is 4.90 Å². The van der Waals surface area contributed by atoms with Crippen LogP contribution in [-0.4, -0.2) is 31.3 Å². The van der Waals surface area contributed by atoms with Crippen molar-refractivity contribution in [2.75, 3.05) is 20.1 Å². The van der Waals surface area contributed by atoms with Crippen LogP contribution >= 0.6 is 0 Å². The van der Waals surface area contributed by atoms with Gasteiger partial charge in [-0.3, -0.25) is 0 Å². The van der Waals surface area contributed by atoms with Crippen LogP contribution in [0.15, 0.2) is 0 Å². The molecular formula is C14H27NO. The van der Waals surface area contributed by atoms with Gasteiger partial charge in [-0.2, -0.15) is 0 Å². The molecular weight excluding hydrogens is 198 g/mol. The Labute approximate surface area is 100 Å². The number of aldehydes is 1. The average molecular weight is 225 g/mol. The van der Waals surface area contributed by atoms with E-state index in [9.17, 15) is 4.79 Å². The maximum atomic E-state index is 11.1. The third-order valence-electron chi connectivity index (χ3n) is 4.02. The number of carbonyl (C=O) groups excluding carboxylic acids is 1. The van der Waals surface area contributed by atoms with Crippen LogP contribution in [0.1, 0.15) is 52.4 Å². The van der Waals surface area contributed by atoms with Gasteiger partial charge in [0.1, 0.15) is 6.29 Å². The lowest BCUT2D eigenvalue weighted by molar-refractivity contribution is -0.116. The van der Waals surface area contributed by atoms with E-state index < -0.39 is 0 Å². The zero-order chi connectivity index (χ0) is 12.0. The van der Waals surface area contributed by atoms with E-state index in [2.05, 4.69) is 25.8 Å². The molecule has 1 aliphatic carbocycles. The molecule has 0 heterocycles. The normalized spacial score (nSPS) is 22.0. The lowest BCUT2D eigenvalue weighted by Gasteiger charge is -2.32. The number of hydrogen-bond acceptors (Lipinski definition) is 2. The lowest BCUT2D eigenvalue weighted by Crippen LogP contribution is -2.37. The van der Waals surface area contributed by atoms with Gasteiger partial charge in [-0.25, -0.2) is 0 Å². The number of hydrogen-bond donors (Lipinski definition) is 0. The largest absolute Gasteiger partial charge is 0.305 e. The first-order valence-corrected chi connectivity index (χ1v) is 6.74. The topological polar surface area (TPSA) is 20.3 Å². The Kier molecular flexibility index (Phi) is 5.47. The summed E-state index contributed by atoms with van der Waals surface area (Å²) in [6.45, 7) is 6.24. The van der Waals surface area contributed by atoms with Gasteiger partial charge in [0.05, 0.1) is 0 Å². The molecule has 1 rings (SSSR count). The molecule has 2 nitrogen and oxygen atoms in total. The number of nitrogens with zero attached hydrogens (tertiary/aromatic N) is 1. The fraction of sp³-hybridized carbons (Fsp3) is 0.929. The second-order valence-electron chi connectivity index (χ2n) is 5.83. The number of carbonyl (C=O) groups is 1. The van der Waals surface area contributed by atoms with E-state index in [1.165, 1.54) is 38.6 Å². The molecule has 2 heteroatoms. The van der Waals surface area contributed by atoms with Crippen LogP contribution in [0.2, 0.25) is 0 Å². The Morgan fingerprint density at radius 2 is 1.94 bits per heavy atom. The van der Waals surface area contributed by atoms with Crippen molar-refractivity contribution in [2.45, 2.75) is 52.4 Å². The van der Waals surface area contributed by atoms with Crippen molar-refractivity contribution < 1.29 is 4.79 Å². The molecule has 94 valence electrons. The molecule has 0 aromatic rings. The second-order valence-corrected chi connectivity index (χ2v) is 5.83. The molecule has 0 aliphatic heterocycles. The van der Waals surface area contributed by atoms with Gasteiger partial charge in [0.25, 0.3) is 0 Å². The molecule has 0 bridgehead atoms. The highest BCUT2D eigenvalue weighted by atomic mass is 16.1. The van der Waals surface area contributed by atoms with Crippen molar-refractivity contribution in [3.05, 3.63) is 0 Å². The summed E-state index contributed by atoms with van der Waals surface area (Å²) >= 11 is 0. The minimum Gasteiger partial charge on any atom is -0.305 e. The van der Waals surface area contributed by atoms with Gasteiger partial charge in [-0.15, -0.1) is 0 Å². The summed E-state index contributed by atoms with van der Waals surface area (Å²) in [5, 5.41) is 0. The fourth-order valence-corrected chi connectivity index (χ4v) is 2.72.